The lowest BCUT2D eigenvalue weighted by Gasteiger charge is -2.12. The van der Waals surface area contributed by atoms with Crippen LogP contribution in [0.4, 0.5) is 16.2 Å². The van der Waals surface area contributed by atoms with Crippen LogP contribution in [0.2, 0.25) is 0 Å². The first-order valence-corrected chi connectivity index (χ1v) is 9.71. The second-order valence-electron chi connectivity index (χ2n) is 7.30. The number of nitrogens with one attached hydrogen (secondary N) is 3. The summed E-state index contributed by atoms with van der Waals surface area (Å²) >= 11 is 0. The first-order chi connectivity index (χ1) is 14.9. The van der Waals surface area contributed by atoms with Crippen LogP contribution in [0.1, 0.15) is 23.3 Å². The van der Waals surface area contributed by atoms with Gasteiger partial charge in [-0.15, -0.1) is 0 Å². The molecule has 8 nitrogen and oxygen atoms in total. The Bertz CT molecular complexity index is 1110. The molecule has 8 heteroatoms. The predicted molar refractivity (Wildman–Crippen MR) is 116 cm³/mol. The molecule has 0 unspecified atom stereocenters. The van der Waals surface area contributed by atoms with Gasteiger partial charge in [0.1, 0.15) is 11.2 Å². The topological polar surface area (TPSA) is 120 Å². The van der Waals surface area contributed by atoms with E-state index in [1.807, 2.05) is 30.3 Å². The van der Waals surface area contributed by atoms with E-state index in [9.17, 15) is 19.5 Å². The Morgan fingerprint density at radius 3 is 1.97 bits per heavy atom. The minimum atomic E-state index is -1.15. The number of pyridine rings is 1. The van der Waals surface area contributed by atoms with Crippen LogP contribution in [0.5, 0.6) is 0 Å². The number of carboxylic acid groups (broad SMARTS) is 1. The monoisotopic (exact) mass is 416 g/mol. The average molecular weight is 416 g/mol. The van der Waals surface area contributed by atoms with Crippen molar-refractivity contribution < 1.29 is 19.5 Å². The van der Waals surface area contributed by atoms with Crippen molar-refractivity contribution in [2.24, 2.45) is 0 Å². The van der Waals surface area contributed by atoms with Crippen molar-refractivity contribution in [3.05, 3.63) is 78.6 Å². The summed E-state index contributed by atoms with van der Waals surface area (Å²) in [4.78, 5) is 39.7. The van der Waals surface area contributed by atoms with Crippen molar-refractivity contribution in [3.63, 3.8) is 0 Å². The molecule has 1 aromatic heterocycles. The Morgan fingerprint density at radius 1 is 0.806 bits per heavy atom. The van der Waals surface area contributed by atoms with Gasteiger partial charge >= 0.3 is 12.0 Å². The highest BCUT2D eigenvalue weighted by atomic mass is 16.4. The molecule has 3 aromatic rings. The largest absolute Gasteiger partial charge is 0.480 e. The third kappa shape index (κ3) is 4.69. The number of carboxylic acids is 1. The molecule has 1 fully saturated rings. The minimum absolute atomic E-state index is 0.159. The molecule has 0 radical (unpaired) electrons. The molecule has 1 aliphatic carbocycles. The number of aliphatic carboxylic acids is 1. The van der Waals surface area contributed by atoms with Crippen molar-refractivity contribution >= 4 is 29.3 Å². The van der Waals surface area contributed by atoms with Gasteiger partial charge < -0.3 is 21.1 Å². The summed E-state index contributed by atoms with van der Waals surface area (Å²) in [5.41, 5.74) is 1.99. The summed E-state index contributed by atoms with van der Waals surface area (Å²) in [5, 5.41) is 17.2. The van der Waals surface area contributed by atoms with Gasteiger partial charge in [0, 0.05) is 23.1 Å². The molecular formula is C23H20N4O4. The molecule has 3 amide bonds. The Hall–Kier alpha value is -4.20. The Labute approximate surface area is 178 Å². The first kappa shape index (κ1) is 20.1. The highest BCUT2D eigenvalue weighted by Gasteiger charge is 2.51. The van der Waals surface area contributed by atoms with Gasteiger partial charge in [0.2, 0.25) is 0 Å². The fourth-order valence-corrected chi connectivity index (χ4v) is 3.06. The van der Waals surface area contributed by atoms with Gasteiger partial charge in [-0.1, -0.05) is 36.4 Å². The molecule has 156 valence electrons. The van der Waals surface area contributed by atoms with Crippen molar-refractivity contribution in [2.45, 2.75) is 18.4 Å². The number of hydrogen-bond donors (Lipinski definition) is 4. The number of aromatic nitrogens is 1. The lowest BCUT2D eigenvalue weighted by molar-refractivity contribution is -0.140. The minimum Gasteiger partial charge on any atom is -0.480 e. The number of carbonyl (C=O) groups excluding carboxylic acids is 2. The van der Waals surface area contributed by atoms with Crippen molar-refractivity contribution in [3.8, 4) is 11.1 Å². The summed E-state index contributed by atoms with van der Waals surface area (Å²) in [5.74, 6) is -1.53. The Balaban J connectivity index is 1.37. The molecule has 2 aromatic carbocycles. The van der Waals surface area contributed by atoms with Crippen LogP contribution in [0.3, 0.4) is 0 Å². The van der Waals surface area contributed by atoms with Gasteiger partial charge in [0.15, 0.2) is 0 Å². The Morgan fingerprint density at radius 2 is 1.42 bits per heavy atom. The molecule has 0 aliphatic heterocycles. The molecule has 1 saturated carbocycles. The summed E-state index contributed by atoms with van der Waals surface area (Å²) in [6.07, 6.45) is 2.41. The summed E-state index contributed by atoms with van der Waals surface area (Å²) < 4.78 is 0. The third-order valence-corrected chi connectivity index (χ3v) is 5.02. The molecule has 0 saturated heterocycles. The molecule has 0 bridgehead atoms. The third-order valence-electron chi connectivity index (χ3n) is 5.02. The number of para-hydroxylation sites is 1. The van der Waals surface area contributed by atoms with Crippen LogP contribution >= 0.6 is 0 Å². The summed E-state index contributed by atoms with van der Waals surface area (Å²) in [6.45, 7) is 0. The number of hydrogen-bond acceptors (Lipinski definition) is 4. The second-order valence-corrected chi connectivity index (χ2v) is 7.30. The lowest BCUT2D eigenvalue weighted by atomic mass is 10.1. The van der Waals surface area contributed by atoms with E-state index in [2.05, 4.69) is 20.9 Å². The highest BCUT2D eigenvalue weighted by molar-refractivity contribution is 6.00. The van der Waals surface area contributed by atoms with E-state index < -0.39 is 17.4 Å². The lowest BCUT2D eigenvalue weighted by Crippen LogP contribution is -2.43. The van der Waals surface area contributed by atoms with E-state index >= 15 is 0 Å². The Kier molecular flexibility index (Phi) is 5.36. The van der Waals surface area contributed by atoms with Crippen LogP contribution < -0.4 is 16.0 Å². The van der Waals surface area contributed by atoms with E-state index in [0.29, 0.717) is 24.2 Å². The fourth-order valence-electron chi connectivity index (χ4n) is 3.06. The fraction of sp³-hybridized carbons (Fsp3) is 0.130. The van der Waals surface area contributed by atoms with Gasteiger partial charge in [0.25, 0.3) is 5.91 Å². The van der Waals surface area contributed by atoms with E-state index in [1.54, 1.807) is 42.6 Å². The van der Waals surface area contributed by atoms with Crippen LogP contribution in [-0.2, 0) is 4.79 Å². The average Bonchev–Trinajstić information content (AvgIpc) is 3.56. The number of urea groups is 1. The van der Waals surface area contributed by atoms with E-state index in [0.717, 1.165) is 11.1 Å². The molecule has 0 atom stereocenters. The number of carbonyl (C=O) groups is 3. The zero-order valence-electron chi connectivity index (χ0n) is 16.5. The van der Waals surface area contributed by atoms with Crippen LogP contribution in [-0.4, -0.2) is 33.5 Å². The highest BCUT2D eigenvalue weighted by Crippen LogP contribution is 2.35. The zero-order valence-corrected chi connectivity index (χ0v) is 16.5. The standard InChI is InChI=1S/C23H20N4O4/c28-20(27-23(12-13-23)21(29)30)19-11-8-16(14-24-19)15-6-9-18(10-7-15)26-22(31)25-17-4-2-1-3-5-17/h1-11,14H,12-13H2,(H,27,28)(H,29,30)(H2,25,26,31). The van der Waals surface area contributed by atoms with E-state index in [4.69, 9.17) is 0 Å². The normalized spacial score (nSPS) is 13.7. The van der Waals surface area contributed by atoms with Crippen molar-refractivity contribution in [1.29, 1.82) is 0 Å². The van der Waals surface area contributed by atoms with Gasteiger partial charge in [-0.2, -0.15) is 0 Å². The summed E-state index contributed by atoms with van der Waals surface area (Å²) in [7, 11) is 0. The molecule has 1 heterocycles. The number of amides is 3. The summed E-state index contributed by atoms with van der Waals surface area (Å²) in [6, 6.07) is 19.3. The number of rotatable bonds is 6. The van der Waals surface area contributed by atoms with Crippen LogP contribution in [0, 0.1) is 0 Å². The van der Waals surface area contributed by atoms with Crippen molar-refractivity contribution in [1.82, 2.24) is 10.3 Å². The SMILES string of the molecule is O=C(Nc1ccccc1)Nc1ccc(-c2ccc(C(=O)NC3(C(=O)O)CC3)nc2)cc1. The van der Waals surface area contributed by atoms with Crippen LogP contribution in [0.15, 0.2) is 72.9 Å². The van der Waals surface area contributed by atoms with E-state index in [1.165, 1.54) is 0 Å². The van der Waals surface area contributed by atoms with Gasteiger partial charge in [0.05, 0.1) is 0 Å². The predicted octanol–water partition coefficient (Wildman–Crippen LogP) is 3.74. The molecular weight excluding hydrogens is 396 g/mol. The molecule has 0 spiro atoms. The maximum absolute atomic E-state index is 12.2. The number of nitrogens with zero attached hydrogens (tertiary/aromatic N) is 1. The molecule has 4 N–H and O–H groups in total. The van der Waals surface area contributed by atoms with E-state index in [-0.39, 0.29) is 11.7 Å². The smallest absolute Gasteiger partial charge is 0.329 e. The maximum atomic E-state index is 12.2. The second kappa shape index (κ2) is 8.27. The van der Waals surface area contributed by atoms with Gasteiger partial charge in [-0.25, -0.2) is 9.59 Å². The van der Waals surface area contributed by atoms with Crippen molar-refractivity contribution in [2.75, 3.05) is 10.6 Å². The van der Waals surface area contributed by atoms with Gasteiger partial charge in [-0.05, 0) is 48.7 Å². The van der Waals surface area contributed by atoms with Gasteiger partial charge in [-0.3, -0.25) is 9.78 Å². The number of anilines is 2. The quantitative estimate of drug-likeness (QED) is 0.488. The molecule has 4 rings (SSSR count). The zero-order chi connectivity index (χ0) is 21.8. The molecule has 1 aliphatic rings. The first-order valence-electron chi connectivity index (χ1n) is 9.71. The maximum Gasteiger partial charge on any atom is 0.329 e. The molecule has 31 heavy (non-hydrogen) atoms. The number of benzene rings is 2. The van der Waals surface area contributed by atoms with Crippen LogP contribution in [0.25, 0.3) is 11.1 Å².